The lowest BCUT2D eigenvalue weighted by molar-refractivity contribution is 0.108. The zero-order valence-electron chi connectivity index (χ0n) is 10.9. The summed E-state index contributed by atoms with van der Waals surface area (Å²) in [5, 5.41) is 13.2. The van der Waals surface area contributed by atoms with Crippen molar-refractivity contribution in [3.63, 3.8) is 0 Å². The van der Waals surface area contributed by atoms with E-state index in [0.717, 1.165) is 37.7 Å². The van der Waals surface area contributed by atoms with Crippen LogP contribution in [0, 0.1) is 5.82 Å². The van der Waals surface area contributed by atoms with Gasteiger partial charge in [0.1, 0.15) is 5.82 Å². The molecule has 0 saturated heterocycles. The van der Waals surface area contributed by atoms with Crippen molar-refractivity contribution in [2.75, 3.05) is 0 Å². The maximum atomic E-state index is 13.8. The Balaban J connectivity index is 2.03. The number of benzene rings is 1. The van der Waals surface area contributed by atoms with Crippen LogP contribution >= 0.6 is 0 Å². The van der Waals surface area contributed by atoms with E-state index in [9.17, 15) is 9.50 Å². The molecule has 3 heteroatoms. The van der Waals surface area contributed by atoms with Crippen LogP contribution in [0.15, 0.2) is 24.3 Å². The van der Waals surface area contributed by atoms with Gasteiger partial charge in [0.15, 0.2) is 0 Å². The van der Waals surface area contributed by atoms with E-state index in [1.807, 2.05) is 12.1 Å². The van der Waals surface area contributed by atoms with Gasteiger partial charge in [-0.15, -0.1) is 0 Å². The van der Waals surface area contributed by atoms with Gasteiger partial charge in [0.25, 0.3) is 0 Å². The van der Waals surface area contributed by atoms with Gasteiger partial charge in [0.2, 0.25) is 0 Å². The van der Waals surface area contributed by atoms with Crippen LogP contribution in [0.2, 0.25) is 0 Å². The predicted molar refractivity (Wildman–Crippen MR) is 70.8 cm³/mol. The Morgan fingerprint density at radius 2 is 2.17 bits per heavy atom. The van der Waals surface area contributed by atoms with E-state index in [4.69, 9.17) is 0 Å². The van der Waals surface area contributed by atoms with E-state index in [1.54, 1.807) is 6.07 Å². The van der Waals surface area contributed by atoms with Crippen molar-refractivity contribution < 1.29 is 9.50 Å². The van der Waals surface area contributed by atoms with Crippen LogP contribution in [0.25, 0.3) is 0 Å². The van der Waals surface area contributed by atoms with Crippen molar-refractivity contribution in [1.82, 2.24) is 5.32 Å². The molecule has 0 bridgehead atoms. The van der Waals surface area contributed by atoms with Crippen LogP contribution in [0.1, 0.15) is 50.6 Å². The monoisotopic (exact) mass is 251 g/mol. The van der Waals surface area contributed by atoms with Crippen LogP contribution in [0.5, 0.6) is 0 Å². The Bertz CT molecular complexity index is 383. The molecule has 1 saturated carbocycles. The molecule has 2 rings (SSSR count). The zero-order valence-corrected chi connectivity index (χ0v) is 10.9. The summed E-state index contributed by atoms with van der Waals surface area (Å²) >= 11 is 0. The first-order valence-electron chi connectivity index (χ1n) is 6.89. The largest absolute Gasteiger partial charge is 0.393 e. The second-order valence-corrected chi connectivity index (χ2v) is 5.17. The van der Waals surface area contributed by atoms with Gasteiger partial charge < -0.3 is 10.4 Å². The Morgan fingerprint density at radius 1 is 1.39 bits per heavy atom. The van der Waals surface area contributed by atoms with Gasteiger partial charge >= 0.3 is 0 Å². The molecule has 18 heavy (non-hydrogen) atoms. The summed E-state index contributed by atoms with van der Waals surface area (Å²) in [6, 6.07) is 7.29. The molecule has 100 valence electrons. The molecule has 1 aliphatic carbocycles. The van der Waals surface area contributed by atoms with Crippen LogP contribution in [0.3, 0.4) is 0 Å². The lowest BCUT2D eigenvalue weighted by Crippen LogP contribution is -2.38. The smallest absolute Gasteiger partial charge is 0.127 e. The lowest BCUT2D eigenvalue weighted by Gasteiger charge is -2.30. The molecule has 0 amide bonds. The fourth-order valence-corrected chi connectivity index (χ4v) is 2.79. The fraction of sp³-hybridized carbons (Fsp3) is 0.600. The number of rotatable bonds is 4. The van der Waals surface area contributed by atoms with Gasteiger partial charge in [-0.3, -0.25) is 0 Å². The molecule has 3 unspecified atom stereocenters. The molecule has 1 aromatic carbocycles. The van der Waals surface area contributed by atoms with Gasteiger partial charge in [0, 0.05) is 17.6 Å². The topological polar surface area (TPSA) is 32.3 Å². The third-order valence-corrected chi connectivity index (χ3v) is 3.77. The van der Waals surface area contributed by atoms with Crippen LogP contribution in [-0.4, -0.2) is 17.3 Å². The van der Waals surface area contributed by atoms with Crippen LogP contribution < -0.4 is 5.32 Å². The zero-order chi connectivity index (χ0) is 13.0. The standard InChI is InChI=1S/C15H22FNO/c1-2-15(13-8-3-4-9-14(13)16)17-11-6-5-7-12(18)10-11/h3-4,8-9,11-12,15,17-18H,2,5-7,10H2,1H3. The summed E-state index contributed by atoms with van der Waals surface area (Å²) in [6.07, 6.45) is 4.45. The van der Waals surface area contributed by atoms with E-state index in [0.29, 0.717) is 6.04 Å². The molecular weight excluding hydrogens is 229 g/mol. The van der Waals surface area contributed by atoms with Gasteiger partial charge in [-0.05, 0) is 38.2 Å². The van der Waals surface area contributed by atoms with E-state index in [-0.39, 0.29) is 18.0 Å². The van der Waals surface area contributed by atoms with Crippen LogP contribution in [-0.2, 0) is 0 Å². The molecule has 1 aliphatic rings. The first kappa shape index (κ1) is 13.5. The second-order valence-electron chi connectivity index (χ2n) is 5.17. The van der Waals surface area contributed by atoms with E-state index >= 15 is 0 Å². The molecule has 2 nitrogen and oxygen atoms in total. The molecule has 0 heterocycles. The van der Waals surface area contributed by atoms with Crippen molar-refractivity contribution in [1.29, 1.82) is 0 Å². The number of aliphatic hydroxyl groups is 1. The third-order valence-electron chi connectivity index (χ3n) is 3.77. The van der Waals surface area contributed by atoms with Gasteiger partial charge in [0.05, 0.1) is 6.10 Å². The highest BCUT2D eigenvalue weighted by molar-refractivity contribution is 5.21. The van der Waals surface area contributed by atoms with Crippen molar-refractivity contribution in [2.45, 2.75) is 57.2 Å². The Hall–Kier alpha value is -0.930. The molecule has 1 fully saturated rings. The number of halogens is 1. The normalized spacial score (nSPS) is 25.9. The average molecular weight is 251 g/mol. The summed E-state index contributed by atoms with van der Waals surface area (Å²) in [6.45, 7) is 2.06. The molecule has 2 N–H and O–H groups in total. The quantitative estimate of drug-likeness (QED) is 0.861. The van der Waals surface area contributed by atoms with Crippen molar-refractivity contribution in [3.8, 4) is 0 Å². The SMILES string of the molecule is CCC(NC1CCCC(O)C1)c1ccccc1F. The van der Waals surface area contributed by atoms with Gasteiger partial charge in [-0.2, -0.15) is 0 Å². The Morgan fingerprint density at radius 3 is 2.83 bits per heavy atom. The second kappa shape index (κ2) is 6.30. The number of nitrogens with one attached hydrogen (secondary N) is 1. The fourth-order valence-electron chi connectivity index (χ4n) is 2.79. The molecule has 0 radical (unpaired) electrons. The van der Waals surface area contributed by atoms with E-state index in [2.05, 4.69) is 12.2 Å². The third kappa shape index (κ3) is 3.30. The lowest BCUT2D eigenvalue weighted by atomic mass is 9.91. The van der Waals surface area contributed by atoms with Gasteiger partial charge in [-0.25, -0.2) is 4.39 Å². The molecule has 1 aromatic rings. The predicted octanol–water partition coefficient (Wildman–Crippen LogP) is 3.17. The van der Waals surface area contributed by atoms with Crippen molar-refractivity contribution in [2.24, 2.45) is 0 Å². The summed E-state index contributed by atoms with van der Waals surface area (Å²) in [4.78, 5) is 0. The summed E-state index contributed by atoms with van der Waals surface area (Å²) < 4.78 is 13.8. The molecular formula is C15H22FNO. The number of aliphatic hydroxyl groups excluding tert-OH is 1. The minimum Gasteiger partial charge on any atom is -0.393 e. The molecule has 0 aromatic heterocycles. The molecule has 0 aliphatic heterocycles. The maximum Gasteiger partial charge on any atom is 0.127 e. The number of hydrogen-bond donors (Lipinski definition) is 2. The van der Waals surface area contributed by atoms with E-state index in [1.165, 1.54) is 6.07 Å². The van der Waals surface area contributed by atoms with Crippen LogP contribution in [0.4, 0.5) is 4.39 Å². The average Bonchev–Trinajstić information content (AvgIpc) is 2.37. The minimum atomic E-state index is -0.200. The summed E-state index contributed by atoms with van der Waals surface area (Å²) in [7, 11) is 0. The highest BCUT2D eigenvalue weighted by atomic mass is 19.1. The Kier molecular flexibility index (Phi) is 4.72. The first-order valence-corrected chi connectivity index (χ1v) is 6.89. The maximum absolute atomic E-state index is 13.8. The van der Waals surface area contributed by atoms with Crippen molar-refractivity contribution in [3.05, 3.63) is 35.6 Å². The van der Waals surface area contributed by atoms with Gasteiger partial charge in [-0.1, -0.05) is 25.1 Å². The highest BCUT2D eigenvalue weighted by Crippen LogP contribution is 2.25. The number of hydrogen-bond acceptors (Lipinski definition) is 2. The Labute approximate surface area is 108 Å². The summed E-state index contributed by atoms with van der Waals surface area (Å²) in [5.41, 5.74) is 0.736. The molecule has 3 atom stereocenters. The van der Waals surface area contributed by atoms with Crippen molar-refractivity contribution >= 4 is 0 Å². The summed E-state index contributed by atoms with van der Waals surface area (Å²) in [5.74, 6) is -0.145. The van der Waals surface area contributed by atoms with E-state index < -0.39 is 0 Å². The minimum absolute atomic E-state index is 0.0431. The first-order chi connectivity index (χ1) is 8.70. The highest BCUT2D eigenvalue weighted by Gasteiger charge is 2.23. The molecule has 0 spiro atoms.